The van der Waals surface area contributed by atoms with Gasteiger partial charge in [0.05, 0.1) is 5.25 Å². The highest BCUT2D eigenvalue weighted by atomic mass is 32.1. The van der Waals surface area contributed by atoms with Crippen LogP contribution in [0.2, 0.25) is 0 Å². The second kappa shape index (κ2) is 5.29. The number of rotatable bonds is 4. The van der Waals surface area contributed by atoms with Crippen molar-refractivity contribution >= 4 is 24.5 Å². The van der Waals surface area contributed by atoms with E-state index in [9.17, 15) is 14.7 Å². The lowest BCUT2D eigenvalue weighted by Crippen LogP contribution is -2.58. The van der Waals surface area contributed by atoms with Gasteiger partial charge in [-0.2, -0.15) is 12.6 Å². The van der Waals surface area contributed by atoms with Crippen LogP contribution >= 0.6 is 12.6 Å². The van der Waals surface area contributed by atoms with E-state index in [0.717, 1.165) is 25.7 Å². The third kappa shape index (κ3) is 2.94. The van der Waals surface area contributed by atoms with Crippen molar-refractivity contribution in [3.05, 3.63) is 0 Å². The number of carboxylic acids is 1. The maximum absolute atomic E-state index is 12.2. The van der Waals surface area contributed by atoms with Gasteiger partial charge in [-0.25, -0.2) is 4.79 Å². The zero-order valence-electron chi connectivity index (χ0n) is 10.6. The minimum Gasteiger partial charge on any atom is -0.480 e. The maximum Gasteiger partial charge on any atom is 0.329 e. The number of hydrogen-bond donors (Lipinski definition) is 2. The third-order valence-corrected chi connectivity index (χ3v) is 3.63. The third-order valence-electron chi connectivity index (χ3n) is 3.41. The van der Waals surface area contributed by atoms with Crippen LogP contribution in [0, 0.1) is 0 Å². The van der Waals surface area contributed by atoms with Crippen LogP contribution in [0.5, 0.6) is 0 Å². The first-order valence-corrected chi connectivity index (χ1v) is 6.54. The molecule has 1 amide bonds. The van der Waals surface area contributed by atoms with Crippen LogP contribution in [0.3, 0.4) is 0 Å². The van der Waals surface area contributed by atoms with E-state index in [-0.39, 0.29) is 11.9 Å². The molecule has 4 nitrogen and oxygen atoms in total. The first-order valence-electron chi connectivity index (χ1n) is 6.03. The molecule has 1 aliphatic carbocycles. The minimum atomic E-state index is -1.16. The normalized spacial score (nSPS) is 19.1. The van der Waals surface area contributed by atoms with Crippen LogP contribution in [0.25, 0.3) is 0 Å². The molecule has 17 heavy (non-hydrogen) atoms. The Kier molecular flexibility index (Phi) is 4.47. The maximum atomic E-state index is 12.2. The van der Waals surface area contributed by atoms with Crippen molar-refractivity contribution in [1.82, 2.24) is 4.90 Å². The number of hydrogen-bond acceptors (Lipinski definition) is 3. The summed E-state index contributed by atoms with van der Waals surface area (Å²) < 4.78 is 0. The Morgan fingerprint density at radius 1 is 1.35 bits per heavy atom. The van der Waals surface area contributed by atoms with Crippen LogP contribution < -0.4 is 0 Å². The second-order valence-corrected chi connectivity index (χ2v) is 5.96. The lowest BCUT2D eigenvalue weighted by atomic mass is 9.98. The number of amides is 1. The van der Waals surface area contributed by atoms with Crippen molar-refractivity contribution in [3.63, 3.8) is 0 Å². The van der Waals surface area contributed by atoms with Gasteiger partial charge in [-0.15, -0.1) is 0 Å². The molecule has 0 aromatic rings. The SMILES string of the molecule is CC(S)C(=O)N(C1CCCC1)C(C)(C)C(=O)O. The molecular formula is C12H21NO3S. The molecular weight excluding hydrogens is 238 g/mol. The van der Waals surface area contributed by atoms with E-state index in [1.54, 1.807) is 20.8 Å². The lowest BCUT2D eigenvalue weighted by molar-refractivity contribution is -0.159. The number of thiol groups is 1. The van der Waals surface area contributed by atoms with Crippen LogP contribution in [-0.4, -0.2) is 38.7 Å². The van der Waals surface area contributed by atoms with Crippen LogP contribution in [0.15, 0.2) is 0 Å². The molecule has 0 saturated heterocycles. The average molecular weight is 259 g/mol. The Labute approximate surface area is 108 Å². The molecule has 0 aromatic heterocycles. The Bertz CT molecular complexity index is 309. The Hall–Kier alpha value is -0.710. The molecule has 1 fully saturated rings. The molecule has 1 saturated carbocycles. The largest absolute Gasteiger partial charge is 0.480 e. The predicted octanol–water partition coefficient (Wildman–Crippen LogP) is 1.94. The number of aliphatic carboxylic acids is 1. The molecule has 1 unspecified atom stereocenters. The van der Waals surface area contributed by atoms with E-state index < -0.39 is 16.8 Å². The standard InChI is InChI=1S/C12H21NO3S/c1-8(17)10(14)13(9-6-4-5-7-9)12(2,3)11(15)16/h8-9,17H,4-7H2,1-3H3,(H,15,16). The number of carbonyl (C=O) groups is 2. The predicted molar refractivity (Wildman–Crippen MR) is 69.3 cm³/mol. The molecule has 0 aliphatic heterocycles. The molecule has 0 spiro atoms. The van der Waals surface area contributed by atoms with Gasteiger partial charge in [0, 0.05) is 6.04 Å². The van der Waals surface area contributed by atoms with Gasteiger partial charge in [-0.3, -0.25) is 4.79 Å². The highest BCUT2D eigenvalue weighted by molar-refractivity contribution is 7.81. The lowest BCUT2D eigenvalue weighted by Gasteiger charge is -2.40. The van der Waals surface area contributed by atoms with Crippen LogP contribution in [0.4, 0.5) is 0 Å². The Balaban J connectivity index is 3.01. The van der Waals surface area contributed by atoms with Crippen LogP contribution in [-0.2, 0) is 9.59 Å². The summed E-state index contributed by atoms with van der Waals surface area (Å²) in [5.74, 6) is -1.15. The van der Waals surface area contributed by atoms with Crippen molar-refractivity contribution in [3.8, 4) is 0 Å². The number of carbonyl (C=O) groups excluding carboxylic acids is 1. The zero-order valence-corrected chi connectivity index (χ0v) is 11.5. The van der Waals surface area contributed by atoms with Gasteiger partial charge in [0.2, 0.25) is 5.91 Å². The van der Waals surface area contributed by atoms with Gasteiger partial charge in [0.15, 0.2) is 0 Å². The fourth-order valence-electron chi connectivity index (χ4n) is 2.38. The summed E-state index contributed by atoms with van der Waals surface area (Å²) in [6.07, 6.45) is 3.90. The molecule has 0 radical (unpaired) electrons. The topological polar surface area (TPSA) is 57.6 Å². The Morgan fingerprint density at radius 2 is 1.82 bits per heavy atom. The zero-order chi connectivity index (χ0) is 13.2. The summed E-state index contributed by atoms with van der Waals surface area (Å²) in [6, 6.07) is 0.0446. The summed E-state index contributed by atoms with van der Waals surface area (Å²) in [7, 11) is 0. The van der Waals surface area contributed by atoms with Gasteiger partial charge < -0.3 is 10.0 Å². The van der Waals surface area contributed by atoms with E-state index >= 15 is 0 Å². The van der Waals surface area contributed by atoms with Gasteiger partial charge in [0.1, 0.15) is 5.54 Å². The quantitative estimate of drug-likeness (QED) is 0.759. The molecule has 0 aromatic carbocycles. The monoisotopic (exact) mass is 259 g/mol. The highest BCUT2D eigenvalue weighted by Crippen LogP contribution is 2.30. The van der Waals surface area contributed by atoms with Crippen molar-refractivity contribution in [2.24, 2.45) is 0 Å². The molecule has 98 valence electrons. The smallest absolute Gasteiger partial charge is 0.329 e. The summed E-state index contributed by atoms with van der Waals surface area (Å²) in [5, 5.41) is 8.82. The van der Waals surface area contributed by atoms with Crippen molar-refractivity contribution in [2.45, 2.75) is 63.3 Å². The first-order chi connectivity index (χ1) is 7.78. The molecule has 0 bridgehead atoms. The van der Waals surface area contributed by atoms with E-state index in [0.29, 0.717) is 0 Å². The Morgan fingerprint density at radius 3 is 2.18 bits per heavy atom. The fourth-order valence-corrected chi connectivity index (χ4v) is 2.50. The van der Waals surface area contributed by atoms with Crippen molar-refractivity contribution < 1.29 is 14.7 Å². The molecule has 1 aliphatic rings. The molecule has 1 rings (SSSR count). The van der Waals surface area contributed by atoms with Gasteiger partial charge in [-0.05, 0) is 33.6 Å². The second-order valence-electron chi connectivity index (χ2n) is 5.19. The van der Waals surface area contributed by atoms with E-state index in [2.05, 4.69) is 12.6 Å². The van der Waals surface area contributed by atoms with E-state index in [1.165, 1.54) is 4.90 Å². The fraction of sp³-hybridized carbons (Fsp3) is 0.833. The number of nitrogens with zero attached hydrogens (tertiary/aromatic N) is 1. The summed E-state index contributed by atoms with van der Waals surface area (Å²) in [6.45, 7) is 4.86. The first kappa shape index (κ1) is 14.4. The highest BCUT2D eigenvalue weighted by Gasteiger charge is 2.43. The molecule has 1 atom stereocenters. The summed E-state index contributed by atoms with van der Waals surface area (Å²) >= 11 is 4.14. The van der Waals surface area contributed by atoms with Gasteiger partial charge in [0.25, 0.3) is 0 Å². The van der Waals surface area contributed by atoms with Gasteiger partial charge >= 0.3 is 5.97 Å². The van der Waals surface area contributed by atoms with Gasteiger partial charge in [-0.1, -0.05) is 12.8 Å². The average Bonchev–Trinajstić information content (AvgIpc) is 2.70. The van der Waals surface area contributed by atoms with E-state index in [4.69, 9.17) is 0 Å². The minimum absolute atomic E-state index is 0.0446. The molecule has 1 N–H and O–H groups in total. The summed E-state index contributed by atoms with van der Waals surface area (Å²) in [5.41, 5.74) is -1.16. The molecule has 5 heteroatoms. The van der Waals surface area contributed by atoms with Crippen LogP contribution in [0.1, 0.15) is 46.5 Å². The van der Waals surface area contributed by atoms with E-state index in [1.807, 2.05) is 0 Å². The summed E-state index contributed by atoms with van der Waals surface area (Å²) in [4.78, 5) is 25.0. The number of carboxylic acid groups (broad SMARTS) is 1. The van der Waals surface area contributed by atoms with Crippen molar-refractivity contribution in [2.75, 3.05) is 0 Å². The van der Waals surface area contributed by atoms with Crippen molar-refractivity contribution in [1.29, 1.82) is 0 Å². The molecule has 0 heterocycles.